The van der Waals surface area contributed by atoms with Crippen LogP contribution >= 0.6 is 0 Å². The van der Waals surface area contributed by atoms with E-state index in [1.165, 1.54) is 4.68 Å². The first-order chi connectivity index (χ1) is 12.0. The molecule has 0 spiro atoms. The topological polar surface area (TPSA) is 69.0 Å². The molecule has 0 saturated heterocycles. The third kappa shape index (κ3) is 3.85. The lowest BCUT2D eigenvalue weighted by atomic mass is 10.1. The van der Waals surface area contributed by atoms with Crippen LogP contribution < -0.4 is 5.32 Å². The molecular formula is C19H20N4O2. The number of aryl methyl sites for hydroxylation is 2. The molecule has 0 aliphatic rings. The van der Waals surface area contributed by atoms with E-state index in [1.54, 1.807) is 7.05 Å². The summed E-state index contributed by atoms with van der Waals surface area (Å²) in [4.78, 5) is 12.3. The summed E-state index contributed by atoms with van der Waals surface area (Å²) < 4.78 is 6.97. The van der Waals surface area contributed by atoms with Crippen molar-refractivity contribution in [2.75, 3.05) is 5.32 Å². The molecule has 128 valence electrons. The second-order valence-corrected chi connectivity index (χ2v) is 5.86. The van der Waals surface area contributed by atoms with Crippen molar-refractivity contribution in [2.45, 2.75) is 20.0 Å². The van der Waals surface area contributed by atoms with Gasteiger partial charge in [0.25, 0.3) is 0 Å². The summed E-state index contributed by atoms with van der Waals surface area (Å²) in [5.41, 5.74) is 3.56. The summed E-state index contributed by atoms with van der Waals surface area (Å²) in [6, 6.07) is 17.5. The zero-order chi connectivity index (χ0) is 17.8. The molecule has 25 heavy (non-hydrogen) atoms. The van der Waals surface area contributed by atoms with E-state index in [9.17, 15) is 4.79 Å². The summed E-state index contributed by atoms with van der Waals surface area (Å²) >= 11 is 0. The van der Waals surface area contributed by atoms with Crippen molar-refractivity contribution in [2.24, 2.45) is 7.05 Å². The van der Waals surface area contributed by atoms with E-state index in [-0.39, 0.29) is 6.10 Å². The normalized spacial score (nSPS) is 11.8. The highest BCUT2D eigenvalue weighted by Crippen LogP contribution is 2.26. The number of ether oxygens (including phenoxy) is 1. The van der Waals surface area contributed by atoms with Gasteiger partial charge in [-0.15, -0.1) is 5.10 Å². The van der Waals surface area contributed by atoms with Crippen LogP contribution in [0.1, 0.15) is 24.2 Å². The first-order valence-electron chi connectivity index (χ1n) is 8.04. The van der Waals surface area contributed by atoms with Gasteiger partial charge in [-0.25, -0.2) is 9.48 Å². The average molecular weight is 336 g/mol. The van der Waals surface area contributed by atoms with Gasteiger partial charge in [0.2, 0.25) is 0 Å². The Balaban J connectivity index is 1.75. The highest BCUT2D eigenvalue weighted by Gasteiger charge is 2.18. The number of carbonyl (C=O) groups is 1. The molecule has 6 heteroatoms. The monoisotopic (exact) mass is 336 g/mol. The Morgan fingerprint density at radius 1 is 1.12 bits per heavy atom. The van der Waals surface area contributed by atoms with E-state index >= 15 is 0 Å². The maximum atomic E-state index is 12.3. The third-order valence-electron chi connectivity index (χ3n) is 3.93. The predicted octanol–water partition coefficient (Wildman–Crippen LogP) is 4.10. The van der Waals surface area contributed by atoms with E-state index in [2.05, 4.69) is 15.6 Å². The second-order valence-electron chi connectivity index (χ2n) is 5.86. The molecule has 3 aromatic rings. The summed E-state index contributed by atoms with van der Waals surface area (Å²) in [6.45, 7) is 3.85. The lowest BCUT2D eigenvalue weighted by Crippen LogP contribution is -2.18. The van der Waals surface area contributed by atoms with Crippen LogP contribution in [0.4, 0.5) is 10.6 Å². The lowest BCUT2D eigenvalue weighted by molar-refractivity contribution is 0.121. The zero-order valence-corrected chi connectivity index (χ0v) is 14.4. The maximum Gasteiger partial charge on any atom is 0.413 e. The van der Waals surface area contributed by atoms with Gasteiger partial charge in [0.05, 0.1) is 0 Å². The largest absolute Gasteiger partial charge is 0.441 e. The minimum atomic E-state index is -0.546. The van der Waals surface area contributed by atoms with Crippen molar-refractivity contribution in [3.05, 3.63) is 65.7 Å². The van der Waals surface area contributed by atoms with Gasteiger partial charge in [-0.3, -0.25) is 5.32 Å². The van der Waals surface area contributed by atoms with Gasteiger partial charge in [0, 0.05) is 12.6 Å². The molecule has 0 unspecified atom stereocenters. The van der Waals surface area contributed by atoms with Gasteiger partial charge >= 0.3 is 6.09 Å². The highest BCUT2D eigenvalue weighted by atomic mass is 16.6. The summed E-state index contributed by atoms with van der Waals surface area (Å²) in [5, 5.41) is 10.9. The maximum absolute atomic E-state index is 12.3. The van der Waals surface area contributed by atoms with Crippen molar-refractivity contribution in [1.82, 2.24) is 15.0 Å². The van der Waals surface area contributed by atoms with Gasteiger partial charge in [0.15, 0.2) is 5.82 Å². The van der Waals surface area contributed by atoms with Gasteiger partial charge in [0.1, 0.15) is 11.8 Å². The number of rotatable bonds is 4. The zero-order valence-electron chi connectivity index (χ0n) is 14.4. The number of carbonyl (C=O) groups excluding carboxylic acids is 1. The average Bonchev–Trinajstić information content (AvgIpc) is 2.97. The van der Waals surface area contributed by atoms with Gasteiger partial charge in [-0.2, -0.15) is 0 Å². The van der Waals surface area contributed by atoms with E-state index in [0.29, 0.717) is 11.5 Å². The molecule has 0 aliphatic carbocycles. The molecule has 1 aromatic heterocycles. The number of anilines is 1. The van der Waals surface area contributed by atoms with Crippen LogP contribution in [0.15, 0.2) is 54.6 Å². The molecule has 0 saturated carbocycles. The van der Waals surface area contributed by atoms with E-state index < -0.39 is 6.09 Å². The Labute approximate surface area is 146 Å². The van der Waals surface area contributed by atoms with Crippen molar-refractivity contribution in [3.63, 3.8) is 0 Å². The lowest BCUT2D eigenvalue weighted by Gasteiger charge is -2.14. The molecule has 2 aromatic carbocycles. The molecule has 6 nitrogen and oxygen atoms in total. The number of nitrogens with zero attached hydrogens (tertiary/aromatic N) is 3. The summed E-state index contributed by atoms with van der Waals surface area (Å²) in [7, 11) is 1.72. The van der Waals surface area contributed by atoms with Crippen LogP contribution in [0.3, 0.4) is 0 Å². The van der Waals surface area contributed by atoms with E-state index in [4.69, 9.17) is 4.74 Å². The number of benzene rings is 2. The Morgan fingerprint density at radius 2 is 1.80 bits per heavy atom. The summed E-state index contributed by atoms with van der Waals surface area (Å²) in [6.07, 6.45) is -0.902. The first-order valence-corrected chi connectivity index (χ1v) is 8.04. The fourth-order valence-electron chi connectivity index (χ4n) is 2.48. The molecular weight excluding hydrogens is 316 g/mol. The highest BCUT2D eigenvalue weighted by molar-refractivity contribution is 5.88. The molecule has 1 atom stereocenters. The fourth-order valence-corrected chi connectivity index (χ4v) is 2.48. The number of amides is 1. The van der Waals surface area contributed by atoms with Gasteiger partial charge < -0.3 is 4.74 Å². The quantitative estimate of drug-likeness (QED) is 0.779. The van der Waals surface area contributed by atoms with Crippen LogP contribution in [0, 0.1) is 6.92 Å². The molecule has 0 aliphatic heterocycles. The van der Waals surface area contributed by atoms with Crippen LogP contribution in [0.25, 0.3) is 11.3 Å². The number of hydrogen-bond acceptors (Lipinski definition) is 4. The third-order valence-corrected chi connectivity index (χ3v) is 3.93. The van der Waals surface area contributed by atoms with Gasteiger partial charge in [-0.1, -0.05) is 65.4 Å². The minimum absolute atomic E-state index is 0.356. The SMILES string of the molecule is Cc1ccc(-c2nnn(C)c2NC(=O)O[C@H](C)c2ccccc2)cc1. The van der Waals surface area contributed by atoms with Crippen molar-refractivity contribution in [1.29, 1.82) is 0 Å². The van der Waals surface area contributed by atoms with Crippen LogP contribution in [0.2, 0.25) is 0 Å². The van der Waals surface area contributed by atoms with Crippen LogP contribution in [-0.2, 0) is 11.8 Å². The summed E-state index contributed by atoms with van der Waals surface area (Å²) in [5.74, 6) is 0.495. The Kier molecular flexibility index (Phi) is 4.79. The van der Waals surface area contributed by atoms with E-state index in [1.807, 2.05) is 68.4 Å². The molecule has 0 radical (unpaired) electrons. The Bertz CT molecular complexity index is 857. The molecule has 1 heterocycles. The van der Waals surface area contributed by atoms with Crippen molar-refractivity contribution in [3.8, 4) is 11.3 Å². The molecule has 0 bridgehead atoms. The number of nitrogens with one attached hydrogen (secondary N) is 1. The first kappa shape index (κ1) is 16.7. The molecule has 1 N–H and O–H groups in total. The van der Waals surface area contributed by atoms with Crippen molar-refractivity contribution < 1.29 is 9.53 Å². The smallest absolute Gasteiger partial charge is 0.413 e. The molecule has 1 amide bonds. The second kappa shape index (κ2) is 7.17. The standard InChI is InChI=1S/C19H20N4O2/c1-13-9-11-16(12-10-13)17-18(23(3)22-21-17)20-19(24)25-14(2)15-7-5-4-6-8-15/h4-12,14H,1-3H3,(H,20,24)/t14-/m1/s1. The Hall–Kier alpha value is -3.15. The fraction of sp³-hybridized carbons (Fsp3) is 0.211. The predicted molar refractivity (Wildman–Crippen MR) is 96.1 cm³/mol. The van der Waals surface area contributed by atoms with Crippen LogP contribution in [-0.4, -0.2) is 21.1 Å². The molecule has 3 rings (SSSR count). The number of hydrogen-bond donors (Lipinski definition) is 1. The Morgan fingerprint density at radius 3 is 2.48 bits per heavy atom. The number of aromatic nitrogens is 3. The molecule has 0 fully saturated rings. The minimum Gasteiger partial charge on any atom is -0.441 e. The van der Waals surface area contributed by atoms with Crippen molar-refractivity contribution >= 4 is 11.9 Å². The van der Waals surface area contributed by atoms with Crippen LogP contribution in [0.5, 0.6) is 0 Å². The van der Waals surface area contributed by atoms with Gasteiger partial charge in [-0.05, 0) is 19.4 Å². The van der Waals surface area contributed by atoms with E-state index in [0.717, 1.165) is 16.7 Å².